The van der Waals surface area contributed by atoms with Gasteiger partial charge in [-0.1, -0.05) is 0 Å². The third kappa shape index (κ3) is 4.73. The van der Waals surface area contributed by atoms with Crippen molar-refractivity contribution in [3.8, 4) is 5.75 Å². The fourth-order valence-corrected chi connectivity index (χ4v) is 4.72. The van der Waals surface area contributed by atoms with Crippen LogP contribution in [0.3, 0.4) is 0 Å². The van der Waals surface area contributed by atoms with Gasteiger partial charge in [0.05, 0.1) is 6.26 Å². The molecule has 0 aliphatic carbocycles. The van der Waals surface area contributed by atoms with Gasteiger partial charge in [-0.15, -0.1) is 0 Å². The Labute approximate surface area is 154 Å². The lowest BCUT2D eigenvalue weighted by atomic mass is 9.84. The average molecular weight is 384 g/mol. The molecule has 2 fully saturated rings. The van der Waals surface area contributed by atoms with Crippen molar-refractivity contribution >= 4 is 15.9 Å². The molecule has 6 nitrogen and oxygen atoms in total. The molecule has 1 unspecified atom stereocenters. The Morgan fingerprint density at radius 3 is 2.35 bits per heavy atom. The Morgan fingerprint density at radius 1 is 1.12 bits per heavy atom. The summed E-state index contributed by atoms with van der Waals surface area (Å²) in [5.41, 5.74) is 0. The van der Waals surface area contributed by atoms with E-state index in [9.17, 15) is 17.6 Å². The van der Waals surface area contributed by atoms with Gasteiger partial charge in [0.2, 0.25) is 10.0 Å². The lowest BCUT2D eigenvalue weighted by molar-refractivity contribution is -0.132. The second kappa shape index (κ2) is 7.92. The van der Waals surface area contributed by atoms with E-state index in [1.54, 1.807) is 0 Å². The topological polar surface area (TPSA) is 66.9 Å². The molecule has 0 saturated carbocycles. The number of benzene rings is 1. The molecule has 3 rings (SSSR count). The summed E-state index contributed by atoms with van der Waals surface area (Å²) in [7, 11) is -3.10. The molecule has 0 aromatic heterocycles. The molecule has 144 valence electrons. The van der Waals surface area contributed by atoms with E-state index in [2.05, 4.69) is 0 Å². The van der Waals surface area contributed by atoms with Crippen LogP contribution in [0, 0.1) is 17.7 Å². The summed E-state index contributed by atoms with van der Waals surface area (Å²) >= 11 is 0. The number of hydrogen-bond acceptors (Lipinski definition) is 4. The van der Waals surface area contributed by atoms with E-state index in [1.165, 1.54) is 34.8 Å². The van der Waals surface area contributed by atoms with E-state index in [-0.39, 0.29) is 18.3 Å². The number of ether oxygens (including phenoxy) is 1. The second-order valence-corrected chi connectivity index (χ2v) is 9.11. The summed E-state index contributed by atoms with van der Waals surface area (Å²) in [6.07, 6.45) is 3.91. The van der Waals surface area contributed by atoms with E-state index < -0.39 is 10.0 Å². The fourth-order valence-electron chi connectivity index (χ4n) is 3.84. The number of amides is 1. The Hall–Kier alpha value is -1.67. The summed E-state index contributed by atoms with van der Waals surface area (Å²) in [5, 5.41) is 0. The fraction of sp³-hybridized carbons (Fsp3) is 0.611. The van der Waals surface area contributed by atoms with Crippen LogP contribution in [0.15, 0.2) is 24.3 Å². The van der Waals surface area contributed by atoms with Gasteiger partial charge in [-0.3, -0.25) is 4.79 Å². The number of carbonyl (C=O) groups excluding carboxylic acids is 1. The van der Waals surface area contributed by atoms with Gasteiger partial charge in [-0.25, -0.2) is 17.1 Å². The summed E-state index contributed by atoms with van der Waals surface area (Å²) in [6.45, 7) is 2.51. The zero-order chi connectivity index (χ0) is 18.7. The van der Waals surface area contributed by atoms with Crippen molar-refractivity contribution in [3.63, 3.8) is 0 Å². The molecule has 2 saturated heterocycles. The largest absolute Gasteiger partial charge is 0.484 e. The Bertz CT molecular complexity index is 730. The molecular weight excluding hydrogens is 359 g/mol. The molecular formula is C18H25FN2O4S. The zero-order valence-electron chi connectivity index (χ0n) is 14.9. The van der Waals surface area contributed by atoms with Crippen molar-refractivity contribution in [2.75, 3.05) is 39.0 Å². The molecule has 0 N–H and O–H groups in total. The number of rotatable bonds is 5. The van der Waals surface area contributed by atoms with E-state index >= 15 is 0 Å². The highest BCUT2D eigenvalue weighted by molar-refractivity contribution is 7.88. The van der Waals surface area contributed by atoms with E-state index in [0.717, 1.165) is 19.3 Å². The number of halogens is 1. The SMILES string of the molecule is CS(=O)(=O)N1CCC(C2CCN(C(=O)COc3ccc(F)cc3)C2)CC1. The van der Waals surface area contributed by atoms with Crippen LogP contribution in [0.5, 0.6) is 5.75 Å². The maximum Gasteiger partial charge on any atom is 0.260 e. The van der Waals surface area contributed by atoms with Gasteiger partial charge in [0, 0.05) is 26.2 Å². The highest BCUT2D eigenvalue weighted by Gasteiger charge is 2.35. The van der Waals surface area contributed by atoms with Crippen LogP contribution in [0.2, 0.25) is 0 Å². The molecule has 8 heteroatoms. The Kier molecular flexibility index (Phi) is 5.82. The second-order valence-electron chi connectivity index (χ2n) is 7.13. The molecule has 0 radical (unpaired) electrons. The summed E-state index contributed by atoms with van der Waals surface area (Å²) in [5.74, 6) is 0.956. The van der Waals surface area contributed by atoms with Crippen LogP contribution >= 0.6 is 0 Å². The van der Waals surface area contributed by atoms with Crippen molar-refractivity contribution in [2.24, 2.45) is 11.8 Å². The molecule has 2 aliphatic heterocycles. The number of carbonyl (C=O) groups is 1. The zero-order valence-corrected chi connectivity index (χ0v) is 15.8. The number of piperidine rings is 1. The normalized spacial score (nSPS) is 22.5. The maximum absolute atomic E-state index is 12.9. The Morgan fingerprint density at radius 2 is 1.73 bits per heavy atom. The number of sulfonamides is 1. The molecule has 0 spiro atoms. The highest BCUT2D eigenvalue weighted by atomic mass is 32.2. The smallest absolute Gasteiger partial charge is 0.260 e. The minimum absolute atomic E-state index is 0.0507. The first kappa shape index (κ1) is 19.1. The molecule has 2 aliphatic rings. The van der Waals surface area contributed by atoms with Gasteiger partial charge < -0.3 is 9.64 Å². The first-order valence-corrected chi connectivity index (χ1v) is 10.8. The lowest BCUT2D eigenvalue weighted by Gasteiger charge is -2.33. The first-order chi connectivity index (χ1) is 12.3. The minimum atomic E-state index is -3.10. The quantitative estimate of drug-likeness (QED) is 0.775. The molecule has 1 atom stereocenters. The van der Waals surface area contributed by atoms with Crippen LogP contribution in [0.1, 0.15) is 19.3 Å². The van der Waals surface area contributed by atoms with Crippen LogP contribution in [0.25, 0.3) is 0 Å². The van der Waals surface area contributed by atoms with Crippen LogP contribution in [-0.4, -0.2) is 62.6 Å². The molecule has 1 aromatic rings. The van der Waals surface area contributed by atoms with Crippen LogP contribution < -0.4 is 4.74 Å². The Balaban J connectivity index is 1.45. The van der Waals surface area contributed by atoms with E-state index in [1.807, 2.05) is 4.90 Å². The summed E-state index contributed by atoms with van der Waals surface area (Å²) in [4.78, 5) is 14.2. The van der Waals surface area contributed by atoms with Crippen molar-refractivity contribution in [1.29, 1.82) is 0 Å². The molecule has 2 heterocycles. The number of nitrogens with zero attached hydrogens (tertiary/aromatic N) is 2. The van der Waals surface area contributed by atoms with Gasteiger partial charge >= 0.3 is 0 Å². The van der Waals surface area contributed by atoms with Crippen molar-refractivity contribution in [2.45, 2.75) is 19.3 Å². The van der Waals surface area contributed by atoms with Crippen LogP contribution in [-0.2, 0) is 14.8 Å². The van der Waals surface area contributed by atoms with Gasteiger partial charge in [-0.05, 0) is 55.4 Å². The average Bonchev–Trinajstić information content (AvgIpc) is 3.10. The van der Waals surface area contributed by atoms with Crippen molar-refractivity contribution in [3.05, 3.63) is 30.1 Å². The molecule has 26 heavy (non-hydrogen) atoms. The lowest BCUT2D eigenvalue weighted by Crippen LogP contribution is -2.40. The third-order valence-corrected chi connectivity index (χ3v) is 6.69. The predicted octanol–water partition coefficient (Wildman–Crippen LogP) is 1.72. The third-order valence-electron chi connectivity index (χ3n) is 5.39. The van der Waals surface area contributed by atoms with Gasteiger partial charge in [0.15, 0.2) is 6.61 Å². The molecule has 1 amide bonds. The molecule has 1 aromatic carbocycles. The van der Waals surface area contributed by atoms with Gasteiger partial charge in [0.1, 0.15) is 11.6 Å². The van der Waals surface area contributed by atoms with Crippen molar-refractivity contribution < 1.29 is 22.3 Å². The number of hydrogen-bond donors (Lipinski definition) is 0. The molecule has 0 bridgehead atoms. The van der Waals surface area contributed by atoms with Gasteiger partial charge in [0.25, 0.3) is 5.91 Å². The summed E-state index contributed by atoms with van der Waals surface area (Å²) < 4.78 is 43.1. The first-order valence-electron chi connectivity index (χ1n) is 8.94. The monoisotopic (exact) mass is 384 g/mol. The standard InChI is InChI=1S/C18H25FN2O4S/c1-26(23,24)21-10-7-14(8-11-21)15-6-9-20(12-15)18(22)13-25-17-4-2-16(19)3-5-17/h2-5,14-15H,6-13H2,1H3. The van der Waals surface area contributed by atoms with E-state index in [0.29, 0.717) is 43.8 Å². The van der Waals surface area contributed by atoms with E-state index in [4.69, 9.17) is 4.74 Å². The van der Waals surface area contributed by atoms with Crippen LogP contribution in [0.4, 0.5) is 4.39 Å². The highest BCUT2D eigenvalue weighted by Crippen LogP contribution is 2.32. The predicted molar refractivity (Wildman–Crippen MR) is 95.7 cm³/mol. The minimum Gasteiger partial charge on any atom is -0.484 e. The van der Waals surface area contributed by atoms with Crippen molar-refractivity contribution in [1.82, 2.24) is 9.21 Å². The maximum atomic E-state index is 12.9. The van der Waals surface area contributed by atoms with Gasteiger partial charge in [-0.2, -0.15) is 0 Å². The number of likely N-dealkylation sites (tertiary alicyclic amines) is 1. The summed E-state index contributed by atoms with van der Waals surface area (Å²) in [6, 6.07) is 5.61.